The van der Waals surface area contributed by atoms with Gasteiger partial charge in [-0.1, -0.05) is 0 Å². The second kappa shape index (κ2) is 7.23. The molecule has 2 N–H and O–H groups in total. The summed E-state index contributed by atoms with van der Waals surface area (Å²) in [5.74, 6) is 0.940. The molecule has 2 fully saturated rings. The zero-order valence-corrected chi connectivity index (χ0v) is 14.7. The number of likely N-dealkylation sites (tertiary alicyclic amines) is 1. The van der Waals surface area contributed by atoms with Gasteiger partial charge < -0.3 is 19.8 Å². The summed E-state index contributed by atoms with van der Waals surface area (Å²) in [6.45, 7) is 4.68. The number of anilines is 1. The maximum absolute atomic E-state index is 5.90. The van der Waals surface area contributed by atoms with Gasteiger partial charge in [-0.25, -0.2) is 15.0 Å². The summed E-state index contributed by atoms with van der Waals surface area (Å²) in [6.07, 6.45) is 6.98. The average molecular weight is 346 g/mol. The van der Waals surface area contributed by atoms with Crippen LogP contribution in [0.1, 0.15) is 25.3 Å². The number of ether oxygens (including phenoxy) is 2. The predicted octanol–water partition coefficient (Wildman–Crippen LogP) is 1.10. The molecule has 136 valence electrons. The second-order valence-corrected chi connectivity index (χ2v) is 7.04. The van der Waals surface area contributed by atoms with Crippen LogP contribution in [0.25, 0.3) is 11.2 Å². The number of hydrogen-bond acceptors (Lipinski definition) is 7. The molecule has 0 radical (unpaired) electrons. The molecule has 4 heterocycles. The minimum absolute atomic E-state index is 0.233. The highest BCUT2D eigenvalue weighted by Gasteiger charge is 2.31. The third kappa shape index (κ3) is 3.33. The summed E-state index contributed by atoms with van der Waals surface area (Å²) in [5.41, 5.74) is 7.41. The van der Waals surface area contributed by atoms with Crippen molar-refractivity contribution in [1.29, 1.82) is 0 Å². The topological polar surface area (TPSA) is 91.3 Å². The molecule has 2 saturated heterocycles. The van der Waals surface area contributed by atoms with E-state index in [-0.39, 0.29) is 6.10 Å². The van der Waals surface area contributed by atoms with Crippen molar-refractivity contribution in [3.8, 4) is 0 Å². The van der Waals surface area contributed by atoms with Gasteiger partial charge in [-0.2, -0.15) is 0 Å². The Balaban J connectivity index is 1.42. The van der Waals surface area contributed by atoms with Crippen LogP contribution in [0.4, 0.5) is 5.82 Å². The van der Waals surface area contributed by atoms with Gasteiger partial charge in [0.25, 0.3) is 0 Å². The van der Waals surface area contributed by atoms with Crippen molar-refractivity contribution in [2.45, 2.75) is 31.4 Å². The number of rotatable bonds is 5. The van der Waals surface area contributed by atoms with E-state index in [1.54, 1.807) is 0 Å². The normalized spacial score (nSPS) is 26.3. The van der Waals surface area contributed by atoms with E-state index in [9.17, 15) is 0 Å². The molecule has 0 bridgehead atoms. The summed E-state index contributed by atoms with van der Waals surface area (Å²) in [7, 11) is 1.82. The van der Waals surface area contributed by atoms with Crippen LogP contribution in [0, 0.1) is 5.92 Å². The molecule has 2 aliphatic heterocycles. The van der Waals surface area contributed by atoms with Crippen LogP contribution < -0.4 is 5.73 Å². The first kappa shape index (κ1) is 16.7. The van der Waals surface area contributed by atoms with Gasteiger partial charge in [-0.05, 0) is 19.3 Å². The minimum atomic E-state index is 0.233. The van der Waals surface area contributed by atoms with Gasteiger partial charge in [0.2, 0.25) is 0 Å². The molecule has 0 aromatic carbocycles. The van der Waals surface area contributed by atoms with E-state index in [0.29, 0.717) is 23.3 Å². The van der Waals surface area contributed by atoms with E-state index in [1.165, 1.54) is 12.7 Å². The summed E-state index contributed by atoms with van der Waals surface area (Å²) in [5, 5.41) is 0. The van der Waals surface area contributed by atoms with Gasteiger partial charge in [0.1, 0.15) is 11.8 Å². The quantitative estimate of drug-likeness (QED) is 0.866. The number of methoxy groups -OCH3 is 1. The Hall–Kier alpha value is -1.77. The molecule has 0 spiro atoms. The lowest BCUT2D eigenvalue weighted by atomic mass is 9.95. The maximum atomic E-state index is 5.90. The van der Waals surface area contributed by atoms with Crippen molar-refractivity contribution in [3.05, 3.63) is 12.7 Å². The third-order valence-electron chi connectivity index (χ3n) is 5.49. The number of nitrogens with zero attached hydrogens (tertiary/aromatic N) is 5. The zero-order chi connectivity index (χ0) is 17.2. The number of imidazole rings is 1. The first-order valence-corrected chi connectivity index (χ1v) is 9.02. The molecule has 2 aliphatic rings. The van der Waals surface area contributed by atoms with Gasteiger partial charge in [0, 0.05) is 39.3 Å². The fourth-order valence-corrected chi connectivity index (χ4v) is 4.07. The summed E-state index contributed by atoms with van der Waals surface area (Å²) in [6, 6.07) is 0.361. The van der Waals surface area contributed by atoms with Crippen molar-refractivity contribution in [3.63, 3.8) is 0 Å². The molecule has 25 heavy (non-hydrogen) atoms. The van der Waals surface area contributed by atoms with Crippen LogP contribution in [0.5, 0.6) is 0 Å². The van der Waals surface area contributed by atoms with Crippen LogP contribution in [0.3, 0.4) is 0 Å². The predicted molar refractivity (Wildman–Crippen MR) is 94.2 cm³/mol. The smallest absolute Gasteiger partial charge is 0.165 e. The Labute approximate surface area is 147 Å². The standard InChI is InChI=1S/C17H26N6O2/c1-24-14(12-3-2-6-25-9-12)8-22-5-4-13(7-22)23-11-21-15-16(18)19-10-20-17(15)23/h10-14H,2-9H2,1H3,(H2,18,19,20). The van der Waals surface area contributed by atoms with E-state index >= 15 is 0 Å². The zero-order valence-electron chi connectivity index (χ0n) is 14.7. The average Bonchev–Trinajstić information content (AvgIpc) is 3.27. The molecular formula is C17H26N6O2. The number of hydrogen-bond donors (Lipinski definition) is 1. The molecule has 2 aromatic rings. The Morgan fingerprint density at radius 1 is 1.36 bits per heavy atom. The molecule has 0 amide bonds. The van der Waals surface area contributed by atoms with Crippen molar-refractivity contribution in [2.24, 2.45) is 5.92 Å². The molecule has 3 atom stereocenters. The van der Waals surface area contributed by atoms with E-state index in [1.807, 2.05) is 13.4 Å². The van der Waals surface area contributed by atoms with Crippen molar-refractivity contribution < 1.29 is 9.47 Å². The van der Waals surface area contributed by atoms with Gasteiger partial charge in [0.05, 0.1) is 25.1 Å². The summed E-state index contributed by atoms with van der Waals surface area (Å²) in [4.78, 5) is 15.3. The van der Waals surface area contributed by atoms with Crippen LogP contribution >= 0.6 is 0 Å². The third-order valence-corrected chi connectivity index (χ3v) is 5.49. The summed E-state index contributed by atoms with van der Waals surface area (Å²) < 4.78 is 13.6. The van der Waals surface area contributed by atoms with Crippen molar-refractivity contribution in [2.75, 3.05) is 45.7 Å². The monoisotopic (exact) mass is 346 g/mol. The number of nitrogens with two attached hydrogens (primary N) is 1. The van der Waals surface area contributed by atoms with E-state index in [4.69, 9.17) is 15.2 Å². The Morgan fingerprint density at radius 3 is 3.08 bits per heavy atom. The van der Waals surface area contributed by atoms with E-state index in [2.05, 4.69) is 24.4 Å². The van der Waals surface area contributed by atoms with Crippen molar-refractivity contribution in [1.82, 2.24) is 24.4 Å². The highest BCUT2D eigenvalue weighted by atomic mass is 16.5. The second-order valence-electron chi connectivity index (χ2n) is 7.04. The highest BCUT2D eigenvalue weighted by molar-refractivity contribution is 5.81. The number of nitrogen functional groups attached to an aromatic ring is 1. The van der Waals surface area contributed by atoms with Crippen LogP contribution in [0.2, 0.25) is 0 Å². The maximum Gasteiger partial charge on any atom is 0.165 e. The van der Waals surface area contributed by atoms with Gasteiger partial charge >= 0.3 is 0 Å². The SMILES string of the molecule is COC(CN1CCC(n2cnc3c(N)ncnc32)C1)C1CCCOC1. The molecule has 0 aliphatic carbocycles. The summed E-state index contributed by atoms with van der Waals surface area (Å²) >= 11 is 0. The van der Waals surface area contributed by atoms with Gasteiger partial charge in [0.15, 0.2) is 11.5 Å². The van der Waals surface area contributed by atoms with Crippen molar-refractivity contribution >= 4 is 17.0 Å². The van der Waals surface area contributed by atoms with Crippen LogP contribution in [-0.2, 0) is 9.47 Å². The molecular weight excluding hydrogens is 320 g/mol. The molecule has 0 saturated carbocycles. The molecule has 3 unspecified atom stereocenters. The van der Waals surface area contributed by atoms with Gasteiger partial charge in [-0.15, -0.1) is 0 Å². The van der Waals surface area contributed by atoms with Crippen LogP contribution in [0.15, 0.2) is 12.7 Å². The van der Waals surface area contributed by atoms with E-state index in [0.717, 1.165) is 51.3 Å². The van der Waals surface area contributed by atoms with Gasteiger partial charge in [-0.3, -0.25) is 4.90 Å². The highest BCUT2D eigenvalue weighted by Crippen LogP contribution is 2.28. The number of aromatic nitrogens is 4. The Morgan fingerprint density at radius 2 is 2.28 bits per heavy atom. The first-order chi connectivity index (χ1) is 12.3. The largest absolute Gasteiger partial charge is 0.382 e. The van der Waals surface area contributed by atoms with E-state index < -0.39 is 0 Å². The molecule has 4 rings (SSSR count). The van der Waals surface area contributed by atoms with Crippen LogP contribution in [-0.4, -0.2) is 70.5 Å². The first-order valence-electron chi connectivity index (χ1n) is 9.02. The lowest BCUT2D eigenvalue weighted by Gasteiger charge is -2.32. The fourth-order valence-electron chi connectivity index (χ4n) is 4.07. The minimum Gasteiger partial charge on any atom is -0.382 e. The fraction of sp³-hybridized carbons (Fsp3) is 0.706. The molecule has 8 nitrogen and oxygen atoms in total. The molecule has 8 heteroatoms. The Kier molecular flexibility index (Phi) is 4.82. The lowest BCUT2D eigenvalue weighted by molar-refractivity contribution is -0.0395. The molecule has 2 aromatic heterocycles. The lowest BCUT2D eigenvalue weighted by Crippen LogP contribution is -2.40. The Bertz CT molecular complexity index is 714. The number of fused-ring (bicyclic) bond motifs is 1.